The third-order valence-electron chi connectivity index (χ3n) is 2.95. The van der Waals surface area contributed by atoms with Crippen LogP contribution >= 0.6 is 0 Å². The fraction of sp³-hybridized carbons (Fsp3) is 0.267. The van der Waals surface area contributed by atoms with Crippen LogP contribution in [0.1, 0.15) is 24.1 Å². The minimum absolute atomic E-state index is 0.205. The van der Waals surface area contributed by atoms with E-state index in [0.717, 1.165) is 17.9 Å². The van der Waals surface area contributed by atoms with Crippen molar-refractivity contribution in [3.63, 3.8) is 0 Å². The SMILES string of the molecule is CCNC(c1cccc(OC)c1)c1ccncc1F. The molecule has 2 rings (SSSR count). The second kappa shape index (κ2) is 6.29. The number of pyridine rings is 1. The highest BCUT2D eigenvalue weighted by molar-refractivity contribution is 5.36. The van der Waals surface area contributed by atoms with E-state index in [-0.39, 0.29) is 11.9 Å². The van der Waals surface area contributed by atoms with Gasteiger partial charge >= 0.3 is 0 Å². The van der Waals surface area contributed by atoms with Gasteiger partial charge in [0.25, 0.3) is 0 Å². The predicted octanol–water partition coefficient (Wildman–Crippen LogP) is 2.93. The lowest BCUT2D eigenvalue weighted by Crippen LogP contribution is -2.23. The third kappa shape index (κ3) is 3.09. The molecule has 0 amide bonds. The summed E-state index contributed by atoms with van der Waals surface area (Å²) < 4.78 is 19.1. The lowest BCUT2D eigenvalue weighted by atomic mass is 9.99. The number of benzene rings is 1. The first kappa shape index (κ1) is 13.5. The van der Waals surface area contributed by atoms with E-state index in [4.69, 9.17) is 4.74 Å². The molecule has 1 N–H and O–H groups in total. The molecule has 1 unspecified atom stereocenters. The molecule has 1 atom stereocenters. The van der Waals surface area contributed by atoms with Gasteiger partial charge < -0.3 is 10.1 Å². The Labute approximate surface area is 112 Å². The van der Waals surface area contributed by atoms with Crippen molar-refractivity contribution in [2.24, 2.45) is 0 Å². The van der Waals surface area contributed by atoms with E-state index in [1.54, 1.807) is 19.4 Å². The van der Waals surface area contributed by atoms with Crippen LogP contribution in [0.15, 0.2) is 42.7 Å². The van der Waals surface area contributed by atoms with E-state index < -0.39 is 0 Å². The van der Waals surface area contributed by atoms with Crippen molar-refractivity contribution >= 4 is 0 Å². The Bertz CT molecular complexity index is 545. The van der Waals surface area contributed by atoms with Gasteiger partial charge in [-0.1, -0.05) is 19.1 Å². The monoisotopic (exact) mass is 260 g/mol. The second-order valence-corrected chi connectivity index (χ2v) is 4.16. The maximum atomic E-state index is 13.9. The lowest BCUT2D eigenvalue weighted by Gasteiger charge is -2.19. The average molecular weight is 260 g/mol. The standard InChI is InChI=1S/C15H17FN2O/c1-3-18-15(13-7-8-17-10-14(13)16)11-5-4-6-12(9-11)19-2/h4-10,15,18H,3H2,1-2H3. The summed E-state index contributed by atoms with van der Waals surface area (Å²) in [4.78, 5) is 3.79. The number of nitrogens with zero attached hydrogens (tertiary/aromatic N) is 1. The summed E-state index contributed by atoms with van der Waals surface area (Å²) in [6.45, 7) is 2.73. The Morgan fingerprint density at radius 1 is 1.37 bits per heavy atom. The molecule has 2 aromatic rings. The van der Waals surface area contributed by atoms with Crippen LogP contribution in [0.3, 0.4) is 0 Å². The van der Waals surface area contributed by atoms with E-state index in [2.05, 4.69) is 10.3 Å². The zero-order valence-corrected chi connectivity index (χ0v) is 11.1. The molecule has 1 heterocycles. The van der Waals surface area contributed by atoms with Crippen molar-refractivity contribution in [3.05, 3.63) is 59.7 Å². The van der Waals surface area contributed by atoms with Crippen LogP contribution in [0.5, 0.6) is 5.75 Å². The minimum atomic E-state index is -0.309. The molecule has 0 fully saturated rings. The number of nitrogens with one attached hydrogen (secondary N) is 1. The summed E-state index contributed by atoms with van der Waals surface area (Å²) in [5.74, 6) is 0.450. The van der Waals surface area contributed by atoms with Gasteiger partial charge in [-0.25, -0.2) is 4.39 Å². The number of ether oxygens (including phenoxy) is 1. The van der Waals surface area contributed by atoms with Crippen LogP contribution in [-0.2, 0) is 0 Å². The Kier molecular flexibility index (Phi) is 4.47. The van der Waals surface area contributed by atoms with Crippen LogP contribution in [0.2, 0.25) is 0 Å². The number of methoxy groups -OCH3 is 1. The van der Waals surface area contributed by atoms with Crippen LogP contribution in [0, 0.1) is 5.82 Å². The molecule has 0 bridgehead atoms. The molecule has 19 heavy (non-hydrogen) atoms. The summed E-state index contributed by atoms with van der Waals surface area (Å²) in [5, 5.41) is 3.28. The Morgan fingerprint density at radius 2 is 2.21 bits per heavy atom. The summed E-state index contributed by atoms with van der Waals surface area (Å²) >= 11 is 0. The third-order valence-corrected chi connectivity index (χ3v) is 2.95. The highest BCUT2D eigenvalue weighted by atomic mass is 19.1. The zero-order valence-electron chi connectivity index (χ0n) is 11.1. The van der Waals surface area contributed by atoms with E-state index in [0.29, 0.717) is 5.56 Å². The smallest absolute Gasteiger partial charge is 0.146 e. The van der Waals surface area contributed by atoms with Crippen molar-refractivity contribution < 1.29 is 9.13 Å². The van der Waals surface area contributed by atoms with E-state index in [9.17, 15) is 4.39 Å². The van der Waals surface area contributed by atoms with Crippen molar-refractivity contribution in [3.8, 4) is 5.75 Å². The molecular weight excluding hydrogens is 243 g/mol. The van der Waals surface area contributed by atoms with Crippen molar-refractivity contribution in [2.75, 3.05) is 13.7 Å². The van der Waals surface area contributed by atoms with Crippen LogP contribution in [0.25, 0.3) is 0 Å². The second-order valence-electron chi connectivity index (χ2n) is 4.16. The van der Waals surface area contributed by atoms with Crippen molar-refractivity contribution in [1.82, 2.24) is 10.3 Å². The molecule has 4 heteroatoms. The molecular formula is C15H17FN2O. The molecule has 0 aliphatic carbocycles. The lowest BCUT2D eigenvalue weighted by molar-refractivity contribution is 0.413. The minimum Gasteiger partial charge on any atom is -0.497 e. The van der Waals surface area contributed by atoms with Crippen molar-refractivity contribution in [2.45, 2.75) is 13.0 Å². The van der Waals surface area contributed by atoms with Gasteiger partial charge in [0.2, 0.25) is 0 Å². The van der Waals surface area contributed by atoms with E-state index in [1.807, 2.05) is 31.2 Å². The largest absolute Gasteiger partial charge is 0.497 e. The molecule has 0 aliphatic rings. The molecule has 1 aromatic carbocycles. The Balaban J connectivity index is 2.42. The Morgan fingerprint density at radius 3 is 2.89 bits per heavy atom. The van der Waals surface area contributed by atoms with Gasteiger partial charge in [0.05, 0.1) is 19.3 Å². The number of hydrogen-bond acceptors (Lipinski definition) is 3. The zero-order chi connectivity index (χ0) is 13.7. The molecule has 100 valence electrons. The maximum Gasteiger partial charge on any atom is 0.146 e. The van der Waals surface area contributed by atoms with Gasteiger partial charge in [0, 0.05) is 11.8 Å². The van der Waals surface area contributed by atoms with Gasteiger partial charge in [-0.15, -0.1) is 0 Å². The first-order valence-corrected chi connectivity index (χ1v) is 6.23. The fourth-order valence-corrected chi connectivity index (χ4v) is 2.05. The van der Waals surface area contributed by atoms with Gasteiger partial charge in [-0.2, -0.15) is 0 Å². The quantitative estimate of drug-likeness (QED) is 0.897. The first-order chi connectivity index (χ1) is 9.26. The average Bonchev–Trinajstić information content (AvgIpc) is 2.46. The molecule has 0 radical (unpaired) electrons. The van der Waals surface area contributed by atoms with Crippen LogP contribution in [-0.4, -0.2) is 18.6 Å². The molecule has 1 aromatic heterocycles. The van der Waals surface area contributed by atoms with Gasteiger partial charge in [-0.05, 0) is 30.3 Å². The predicted molar refractivity (Wildman–Crippen MR) is 72.7 cm³/mol. The van der Waals surface area contributed by atoms with Crippen LogP contribution in [0.4, 0.5) is 4.39 Å². The number of halogens is 1. The summed E-state index contributed by atoms with van der Waals surface area (Å²) in [6, 6.07) is 9.13. The highest BCUT2D eigenvalue weighted by Crippen LogP contribution is 2.26. The highest BCUT2D eigenvalue weighted by Gasteiger charge is 2.17. The molecule has 0 spiro atoms. The number of aromatic nitrogens is 1. The summed E-state index contributed by atoms with van der Waals surface area (Å²) in [5.41, 5.74) is 1.55. The fourth-order valence-electron chi connectivity index (χ4n) is 2.05. The Hall–Kier alpha value is -1.94. The number of hydrogen-bond donors (Lipinski definition) is 1. The van der Waals surface area contributed by atoms with Crippen molar-refractivity contribution in [1.29, 1.82) is 0 Å². The topological polar surface area (TPSA) is 34.1 Å². The van der Waals surface area contributed by atoms with E-state index in [1.165, 1.54) is 6.20 Å². The van der Waals surface area contributed by atoms with Gasteiger partial charge in [-0.3, -0.25) is 4.98 Å². The van der Waals surface area contributed by atoms with Gasteiger partial charge in [0.1, 0.15) is 11.6 Å². The molecule has 0 saturated heterocycles. The van der Waals surface area contributed by atoms with E-state index >= 15 is 0 Å². The van der Waals surface area contributed by atoms with Gasteiger partial charge in [0.15, 0.2) is 0 Å². The van der Waals surface area contributed by atoms with Crippen LogP contribution < -0.4 is 10.1 Å². The molecule has 3 nitrogen and oxygen atoms in total. The molecule has 0 saturated carbocycles. The normalized spacial score (nSPS) is 12.2. The molecule has 0 aliphatic heterocycles. The summed E-state index contributed by atoms with van der Waals surface area (Å²) in [7, 11) is 1.62. The first-order valence-electron chi connectivity index (χ1n) is 6.23. The summed E-state index contributed by atoms with van der Waals surface area (Å²) in [6.07, 6.45) is 2.84. The number of rotatable bonds is 5. The maximum absolute atomic E-state index is 13.9.